The Balaban J connectivity index is 2.96. The molecule has 0 saturated heterocycles. The van der Waals surface area contributed by atoms with E-state index < -0.39 is 5.97 Å². The standard InChI is InChI=1S/C13H14BrNO3/c1-3-18-13(17)10(9(2)16)8-15-12-7-5-4-6-11(12)14/h4-8,16H,3H2,1-2H3. The number of hydrogen-bond donors (Lipinski definition) is 1. The molecule has 1 rings (SSSR count). The second-order valence-electron chi connectivity index (χ2n) is 3.43. The molecule has 0 radical (unpaired) electrons. The van der Waals surface area contributed by atoms with Gasteiger partial charge in [0.2, 0.25) is 0 Å². The molecule has 0 heterocycles. The number of para-hydroxylation sites is 1. The molecule has 4 nitrogen and oxygen atoms in total. The molecule has 0 aliphatic heterocycles. The van der Waals surface area contributed by atoms with Crippen molar-refractivity contribution < 1.29 is 14.6 Å². The number of nitrogens with zero attached hydrogens (tertiary/aromatic N) is 1. The van der Waals surface area contributed by atoms with Gasteiger partial charge in [-0.2, -0.15) is 0 Å². The maximum absolute atomic E-state index is 11.5. The summed E-state index contributed by atoms with van der Waals surface area (Å²) >= 11 is 3.34. The van der Waals surface area contributed by atoms with Gasteiger partial charge in [0, 0.05) is 10.7 Å². The predicted octanol–water partition coefficient (Wildman–Crippen LogP) is 3.55. The van der Waals surface area contributed by atoms with Gasteiger partial charge >= 0.3 is 5.97 Å². The zero-order valence-electron chi connectivity index (χ0n) is 10.2. The summed E-state index contributed by atoms with van der Waals surface area (Å²) in [6.45, 7) is 3.37. The Bertz CT molecular complexity index is 491. The summed E-state index contributed by atoms with van der Waals surface area (Å²) in [6, 6.07) is 7.32. The number of esters is 1. The number of carbonyl (C=O) groups is 1. The largest absolute Gasteiger partial charge is 0.512 e. The molecule has 0 unspecified atom stereocenters. The van der Waals surface area contributed by atoms with Crippen LogP contribution in [0.3, 0.4) is 0 Å². The summed E-state index contributed by atoms with van der Waals surface area (Å²) in [5, 5.41) is 9.43. The van der Waals surface area contributed by atoms with Crippen molar-refractivity contribution in [1.29, 1.82) is 0 Å². The van der Waals surface area contributed by atoms with Crippen molar-refractivity contribution in [1.82, 2.24) is 0 Å². The van der Waals surface area contributed by atoms with Gasteiger partial charge in [-0.25, -0.2) is 4.79 Å². The van der Waals surface area contributed by atoms with Gasteiger partial charge in [0.15, 0.2) is 0 Å². The Labute approximate surface area is 114 Å². The highest BCUT2D eigenvalue weighted by Crippen LogP contribution is 2.24. The molecule has 0 aromatic heterocycles. The fraction of sp³-hybridized carbons (Fsp3) is 0.231. The molecule has 0 saturated carbocycles. The number of hydrogen-bond acceptors (Lipinski definition) is 4. The van der Waals surface area contributed by atoms with Crippen LogP contribution in [0, 0.1) is 0 Å². The first-order valence-corrected chi connectivity index (χ1v) is 6.21. The maximum Gasteiger partial charge on any atom is 0.343 e. The molecule has 0 aliphatic rings. The van der Waals surface area contributed by atoms with Crippen LogP contribution in [0.1, 0.15) is 13.8 Å². The lowest BCUT2D eigenvalue weighted by atomic mass is 10.2. The van der Waals surface area contributed by atoms with E-state index in [-0.39, 0.29) is 17.9 Å². The highest BCUT2D eigenvalue weighted by Gasteiger charge is 2.11. The number of allylic oxidation sites excluding steroid dienone is 1. The zero-order chi connectivity index (χ0) is 13.5. The third-order valence-electron chi connectivity index (χ3n) is 2.07. The fourth-order valence-corrected chi connectivity index (χ4v) is 1.58. The average molecular weight is 312 g/mol. The smallest absolute Gasteiger partial charge is 0.343 e. The lowest BCUT2D eigenvalue weighted by molar-refractivity contribution is -0.138. The number of rotatable bonds is 4. The minimum atomic E-state index is -0.590. The van der Waals surface area contributed by atoms with Crippen LogP contribution >= 0.6 is 15.9 Å². The van der Waals surface area contributed by atoms with E-state index in [1.807, 2.05) is 18.2 Å². The summed E-state index contributed by atoms with van der Waals surface area (Å²) < 4.78 is 5.63. The quantitative estimate of drug-likeness (QED) is 0.400. The first-order valence-electron chi connectivity index (χ1n) is 5.41. The first-order chi connectivity index (χ1) is 8.56. The molecule has 1 aromatic carbocycles. The maximum atomic E-state index is 11.5. The molecule has 0 fully saturated rings. The van der Waals surface area contributed by atoms with Crippen LogP contribution in [0.4, 0.5) is 5.69 Å². The number of aliphatic imine (C=N–C) groups is 1. The zero-order valence-corrected chi connectivity index (χ0v) is 11.8. The van der Waals surface area contributed by atoms with Gasteiger partial charge in [-0.15, -0.1) is 0 Å². The molecular formula is C13H14BrNO3. The van der Waals surface area contributed by atoms with Crippen molar-refractivity contribution in [3.8, 4) is 0 Å². The third-order valence-corrected chi connectivity index (χ3v) is 2.74. The Kier molecular flexibility index (Phi) is 5.58. The Morgan fingerprint density at radius 2 is 2.17 bits per heavy atom. The van der Waals surface area contributed by atoms with E-state index in [1.165, 1.54) is 13.1 Å². The summed E-state index contributed by atoms with van der Waals surface area (Å²) in [7, 11) is 0. The van der Waals surface area contributed by atoms with Crippen molar-refractivity contribution in [2.24, 2.45) is 4.99 Å². The molecular weight excluding hydrogens is 298 g/mol. The van der Waals surface area contributed by atoms with E-state index in [0.717, 1.165) is 4.47 Å². The summed E-state index contributed by atoms with van der Waals surface area (Å²) in [5.74, 6) is -0.711. The van der Waals surface area contributed by atoms with E-state index in [2.05, 4.69) is 20.9 Å². The van der Waals surface area contributed by atoms with Crippen molar-refractivity contribution in [3.63, 3.8) is 0 Å². The normalized spacial score (nSPS) is 12.4. The minimum Gasteiger partial charge on any atom is -0.512 e. The average Bonchev–Trinajstić information content (AvgIpc) is 2.31. The lowest BCUT2D eigenvalue weighted by Gasteiger charge is -2.03. The Hall–Kier alpha value is -1.62. The van der Waals surface area contributed by atoms with Crippen LogP contribution in [-0.2, 0) is 9.53 Å². The van der Waals surface area contributed by atoms with Gasteiger partial charge in [0.25, 0.3) is 0 Å². The molecule has 1 aromatic rings. The van der Waals surface area contributed by atoms with E-state index in [0.29, 0.717) is 5.69 Å². The van der Waals surface area contributed by atoms with Gasteiger partial charge in [-0.3, -0.25) is 4.99 Å². The van der Waals surface area contributed by atoms with Crippen molar-refractivity contribution in [3.05, 3.63) is 40.1 Å². The van der Waals surface area contributed by atoms with Crippen LogP contribution in [-0.4, -0.2) is 23.9 Å². The van der Waals surface area contributed by atoms with Gasteiger partial charge in [-0.1, -0.05) is 12.1 Å². The van der Waals surface area contributed by atoms with E-state index >= 15 is 0 Å². The third kappa shape index (κ3) is 4.00. The molecule has 0 aliphatic carbocycles. The predicted molar refractivity (Wildman–Crippen MR) is 74.3 cm³/mol. The second-order valence-corrected chi connectivity index (χ2v) is 4.28. The Morgan fingerprint density at radius 3 is 2.72 bits per heavy atom. The highest BCUT2D eigenvalue weighted by atomic mass is 79.9. The SMILES string of the molecule is CCOC(=O)C(C=Nc1ccccc1Br)=C(C)O. The summed E-state index contributed by atoms with van der Waals surface area (Å²) in [4.78, 5) is 15.7. The molecule has 5 heteroatoms. The van der Waals surface area contributed by atoms with Crippen LogP contribution < -0.4 is 0 Å². The van der Waals surface area contributed by atoms with Crippen LogP contribution in [0.25, 0.3) is 0 Å². The molecule has 0 bridgehead atoms. The molecule has 18 heavy (non-hydrogen) atoms. The number of benzene rings is 1. The lowest BCUT2D eigenvalue weighted by Crippen LogP contribution is -2.10. The van der Waals surface area contributed by atoms with Gasteiger partial charge in [0.05, 0.1) is 12.3 Å². The summed E-state index contributed by atoms with van der Waals surface area (Å²) in [5.41, 5.74) is 0.716. The fourth-order valence-electron chi connectivity index (χ4n) is 1.19. The molecule has 96 valence electrons. The van der Waals surface area contributed by atoms with Crippen molar-refractivity contribution in [2.75, 3.05) is 6.61 Å². The van der Waals surface area contributed by atoms with Crippen molar-refractivity contribution in [2.45, 2.75) is 13.8 Å². The molecule has 0 spiro atoms. The van der Waals surface area contributed by atoms with E-state index in [1.54, 1.807) is 13.0 Å². The Morgan fingerprint density at radius 1 is 1.50 bits per heavy atom. The van der Waals surface area contributed by atoms with Gasteiger partial charge in [-0.05, 0) is 41.9 Å². The van der Waals surface area contributed by atoms with Crippen LogP contribution in [0.5, 0.6) is 0 Å². The highest BCUT2D eigenvalue weighted by molar-refractivity contribution is 9.10. The van der Waals surface area contributed by atoms with Crippen LogP contribution in [0.15, 0.2) is 45.1 Å². The topological polar surface area (TPSA) is 58.9 Å². The molecule has 1 N–H and O–H groups in total. The number of aliphatic hydroxyl groups is 1. The number of aliphatic hydroxyl groups excluding tert-OH is 1. The number of halogens is 1. The molecule has 0 atom stereocenters. The minimum absolute atomic E-state index is 0.0487. The van der Waals surface area contributed by atoms with Crippen LogP contribution in [0.2, 0.25) is 0 Å². The van der Waals surface area contributed by atoms with E-state index in [4.69, 9.17) is 4.74 Å². The van der Waals surface area contributed by atoms with Gasteiger partial charge in [0.1, 0.15) is 11.3 Å². The second kappa shape index (κ2) is 6.96. The van der Waals surface area contributed by atoms with E-state index in [9.17, 15) is 9.90 Å². The number of carbonyl (C=O) groups excluding carboxylic acids is 1. The first kappa shape index (κ1) is 14.4. The molecule has 0 amide bonds. The monoisotopic (exact) mass is 311 g/mol. The van der Waals surface area contributed by atoms with Crippen molar-refractivity contribution >= 4 is 33.8 Å². The van der Waals surface area contributed by atoms with Gasteiger partial charge < -0.3 is 9.84 Å². The summed E-state index contributed by atoms with van der Waals surface area (Å²) in [6.07, 6.45) is 1.30. The number of ether oxygens (including phenoxy) is 1.